The van der Waals surface area contributed by atoms with Crippen LogP contribution in [-0.4, -0.2) is 35.9 Å². The second-order valence-corrected chi connectivity index (χ2v) is 3.46. The van der Waals surface area contributed by atoms with Gasteiger partial charge in [0.25, 0.3) is 11.2 Å². The van der Waals surface area contributed by atoms with E-state index in [9.17, 15) is 52.7 Å². The van der Waals surface area contributed by atoms with E-state index in [1.54, 1.807) is 0 Å². The molecule has 13 heteroatoms. The summed E-state index contributed by atoms with van der Waals surface area (Å²) in [7, 11) is 0. The van der Waals surface area contributed by atoms with Crippen LogP contribution in [0.5, 0.6) is 0 Å². The lowest BCUT2D eigenvalue weighted by molar-refractivity contribution is -0.459. The summed E-state index contributed by atoms with van der Waals surface area (Å²) in [6.07, 6.45) is -29.9. The summed E-state index contributed by atoms with van der Waals surface area (Å²) < 4.78 is 195. The molecule has 0 unspecified atom stereocenters. The fourth-order valence-corrected chi connectivity index (χ4v) is 0.783. The number of alkyl halides is 12. The predicted octanol–water partition coefficient (Wildman–Crippen LogP) is 4.77. The first-order chi connectivity index (χ1) is 11.2. The van der Waals surface area contributed by atoms with Crippen molar-refractivity contribution in [3.8, 4) is 0 Å². The number of halogens is 12. The lowest BCUT2D eigenvalue weighted by Crippen LogP contribution is -2.67. The van der Waals surface area contributed by atoms with Crippen LogP contribution in [0.3, 0.4) is 0 Å². The third kappa shape index (κ3) is 3.31. The molecule has 0 rings (SSSR count). The molecule has 0 spiro atoms. The van der Waals surface area contributed by atoms with Gasteiger partial charge in [-0.05, 0) is 13.7 Å². The quantitative estimate of drug-likeness (QED) is 0.651. The van der Waals surface area contributed by atoms with Crippen LogP contribution in [0.15, 0.2) is 0 Å². The van der Waals surface area contributed by atoms with Crippen LogP contribution in [0.2, 0.25) is 0 Å². The summed E-state index contributed by atoms with van der Waals surface area (Å²) >= 11 is 0. The molecular formula is C8H6F12O. The normalized spacial score (nSPS) is 21.7. The zero-order valence-electron chi connectivity index (χ0n) is 14.9. The minimum atomic E-state index is -7.47. The maximum Gasteiger partial charge on any atom is 0.426 e. The van der Waals surface area contributed by atoms with Crippen molar-refractivity contribution in [1.29, 1.82) is 0 Å². The smallest absolute Gasteiger partial charge is 0.334 e. The van der Waals surface area contributed by atoms with Crippen LogP contribution < -0.4 is 0 Å². The van der Waals surface area contributed by atoms with Crippen molar-refractivity contribution in [1.82, 2.24) is 0 Å². The molecule has 21 heavy (non-hydrogen) atoms. The van der Waals surface area contributed by atoms with Gasteiger partial charge in [-0.2, -0.15) is 52.7 Å². The van der Waals surface area contributed by atoms with Crippen LogP contribution in [0.25, 0.3) is 0 Å². The Bertz CT molecular complexity index is 415. The molecule has 0 aromatic rings. The van der Waals surface area contributed by atoms with E-state index in [0.717, 1.165) is 0 Å². The zero-order chi connectivity index (χ0) is 22.7. The highest BCUT2D eigenvalue weighted by Crippen LogP contribution is 2.54. The molecule has 0 bridgehead atoms. The minimum absolute atomic E-state index is 2.19. The van der Waals surface area contributed by atoms with Crippen molar-refractivity contribution >= 4 is 0 Å². The van der Waals surface area contributed by atoms with Crippen molar-refractivity contribution in [2.24, 2.45) is 0 Å². The molecule has 0 fully saturated rings. The fraction of sp³-hybridized carbons (Fsp3) is 1.00. The molecule has 0 aliphatic heterocycles. The monoisotopic (exact) mass is 352 g/mol. The molecule has 0 radical (unpaired) electrons. The van der Waals surface area contributed by atoms with Crippen molar-refractivity contribution in [2.45, 2.75) is 49.6 Å². The Morgan fingerprint density at radius 2 is 0.714 bits per heavy atom. The molecule has 0 saturated carbocycles. The molecule has 1 nitrogen and oxygen atoms in total. The van der Waals surface area contributed by atoms with Gasteiger partial charge in [0, 0.05) is 8.22 Å². The van der Waals surface area contributed by atoms with E-state index >= 15 is 0 Å². The van der Waals surface area contributed by atoms with E-state index in [-0.39, 0.29) is 0 Å². The molecule has 0 atom stereocenters. The van der Waals surface area contributed by atoms with Gasteiger partial charge < -0.3 is 4.74 Å². The van der Waals surface area contributed by atoms with Crippen molar-refractivity contribution < 1.29 is 65.6 Å². The average Bonchev–Trinajstić information content (AvgIpc) is 2.16. The lowest BCUT2D eigenvalue weighted by Gasteiger charge is -2.42. The van der Waals surface area contributed by atoms with Gasteiger partial charge in [-0.15, -0.1) is 0 Å². The van der Waals surface area contributed by atoms with E-state index in [1.165, 1.54) is 0 Å². The number of hydrogen-bond donors (Lipinski definition) is 0. The Hall–Kier alpha value is -0.880. The van der Waals surface area contributed by atoms with Gasteiger partial charge in [0.1, 0.15) is 0 Å². The highest BCUT2D eigenvalue weighted by Gasteiger charge is 2.78. The van der Waals surface area contributed by atoms with E-state index in [0.29, 0.717) is 0 Å². The molecular weight excluding hydrogens is 340 g/mol. The first kappa shape index (κ1) is 11.7. The highest BCUT2D eigenvalue weighted by atomic mass is 19.4. The van der Waals surface area contributed by atoms with Gasteiger partial charge in [-0.25, -0.2) is 0 Å². The molecule has 0 amide bonds. The number of rotatable bonds is 2. The Kier molecular flexibility index (Phi) is 2.67. The zero-order valence-corrected chi connectivity index (χ0v) is 8.94. The topological polar surface area (TPSA) is 9.23 Å². The van der Waals surface area contributed by atoms with E-state index in [2.05, 4.69) is 4.74 Å². The fourth-order valence-electron chi connectivity index (χ4n) is 0.783. The highest BCUT2D eigenvalue weighted by molar-refractivity contribution is 5.00. The first-order valence-electron chi connectivity index (χ1n) is 7.18. The van der Waals surface area contributed by atoms with Gasteiger partial charge in [0.05, 0.1) is 0 Å². The van der Waals surface area contributed by atoms with Crippen LogP contribution in [0, 0.1) is 0 Å². The molecule has 0 heterocycles. The van der Waals surface area contributed by atoms with E-state index < -0.39 is 49.6 Å². The summed E-state index contributed by atoms with van der Waals surface area (Å²) in [5, 5.41) is 0. The molecule has 0 N–H and O–H groups in total. The van der Waals surface area contributed by atoms with E-state index in [4.69, 9.17) is 8.22 Å². The lowest BCUT2D eigenvalue weighted by atomic mass is 10.00. The van der Waals surface area contributed by atoms with Crippen LogP contribution in [0.1, 0.15) is 21.9 Å². The molecule has 0 aromatic carbocycles. The molecule has 128 valence electrons. The average molecular weight is 352 g/mol. The van der Waals surface area contributed by atoms with Gasteiger partial charge in [-0.1, -0.05) is 0 Å². The van der Waals surface area contributed by atoms with Crippen LogP contribution in [0.4, 0.5) is 52.7 Å². The molecule has 0 saturated heterocycles. The van der Waals surface area contributed by atoms with Gasteiger partial charge >= 0.3 is 24.7 Å². The maximum absolute atomic E-state index is 12.9. The summed E-state index contributed by atoms with van der Waals surface area (Å²) in [5.74, 6) is 0. The molecule has 0 aliphatic rings. The summed E-state index contributed by atoms with van der Waals surface area (Å²) in [6, 6.07) is 0. The predicted molar refractivity (Wildman–Crippen MR) is 42.1 cm³/mol. The maximum atomic E-state index is 12.9. The first-order valence-corrected chi connectivity index (χ1v) is 4.18. The Labute approximate surface area is 117 Å². The summed E-state index contributed by atoms with van der Waals surface area (Å²) in [5.41, 5.74) is -14.3. The Balaban J connectivity index is 7.45. The second-order valence-electron chi connectivity index (χ2n) is 3.46. The van der Waals surface area contributed by atoms with Crippen molar-refractivity contribution in [2.75, 3.05) is 0 Å². The van der Waals surface area contributed by atoms with E-state index in [1.807, 2.05) is 0 Å². The SMILES string of the molecule is [2H]C([2H])([2H])C(OC(C([2H])([2H])[2H])(C(F)(F)F)C(F)(F)F)(C(F)(F)F)C(F)(F)F. The second kappa shape index (κ2) is 4.81. The summed E-state index contributed by atoms with van der Waals surface area (Å²) in [4.78, 5) is 0. The van der Waals surface area contributed by atoms with Crippen molar-refractivity contribution in [3.63, 3.8) is 0 Å². The Morgan fingerprint density at radius 3 is 0.810 bits per heavy atom. The van der Waals surface area contributed by atoms with Gasteiger partial charge in [0.2, 0.25) is 0 Å². The summed E-state index contributed by atoms with van der Waals surface area (Å²) in [6.45, 7) is -11.6. The van der Waals surface area contributed by atoms with Crippen molar-refractivity contribution in [3.05, 3.63) is 0 Å². The largest absolute Gasteiger partial charge is 0.426 e. The van der Waals surface area contributed by atoms with Crippen LogP contribution in [-0.2, 0) is 4.74 Å². The van der Waals surface area contributed by atoms with Gasteiger partial charge in [0.15, 0.2) is 0 Å². The molecule has 0 aromatic heterocycles. The number of hydrogen-bond acceptors (Lipinski definition) is 1. The van der Waals surface area contributed by atoms with Gasteiger partial charge in [-0.3, -0.25) is 0 Å². The minimum Gasteiger partial charge on any atom is -0.334 e. The Morgan fingerprint density at radius 1 is 0.524 bits per heavy atom. The van der Waals surface area contributed by atoms with Crippen LogP contribution >= 0.6 is 0 Å². The third-order valence-corrected chi connectivity index (χ3v) is 1.90. The molecule has 0 aliphatic carbocycles. The third-order valence-electron chi connectivity index (χ3n) is 1.90. The number of ether oxygens (including phenoxy) is 1. The standard InChI is InChI=1S/C8H6F12O/c1-3(5(9,10)11,6(12,13)14)21-4(2,7(15,16)17)8(18,19)20/h1-2H3/i1D3,2D3.